The van der Waals surface area contributed by atoms with Crippen molar-refractivity contribution in [3.63, 3.8) is 0 Å². The fourth-order valence-electron chi connectivity index (χ4n) is 1.48. The van der Waals surface area contributed by atoms with Crippen molar-refractivity contribution in [2.75, 3.05) is 20.7 Å². The summed E-state index contributed by atoms with van der Waals surface area (Å²) in [4.78, 5) is 12.9. The molecular weight excluding hydrogens is 252 g/mol. The number of hydrogen-bond donors (Lipinski definition) is 1. The summed E-state index contributed by atoms with van der Waals surface area (Å²) in [6.07, 6.45) is 0.341. The van der Waals surface area contributed by atoms with Crippen LogP contribution in [0.5, 0.6) is 5.75 Å². The molecule has 0 aliphatic carbocycles. The van der Waals surface area contributed by atoms with E-state index in [0.29, 0.717) is 23.8 Å². The van der Waals surface area contributed by atoms with Gasteiger partial charge < -0.3 is 15.4 Å². The molecular formula is C13H19ClN2O2. The predicted octanol–water partition coefficient (Wildman–Crippen LogP) is 2.22. The molecule has 4 nitrogen and oxygen atoms in total. The summed E-state index contributed by atoms with van der Waals surface area (Å²) in [7, 11) is 3.44. The monoisotopic (exact) mass is 270 g/mol. The second kappa shape index (κ2) is 6.61. The van der Waals surface area contributed by atoms with Crippen LogP contribution in [0, 0.1) is 0 Å². The highest BCUT2D eigenvalue weighted by molar-refractivity contribution is 6.30. The van der Waals surface area contributed by atoms with Crippen molar-refractivity contribution >= 4 is 17.5 Å². The average molecular weight is 271 g/mol. The highest BCUT2D eigenvalue weighted by atomic mass is 35.5. The minimum Gasteiger partial charge on any atom is -0.493 e. The van der Waals surface area contributed by atoms with Gasteiger partial charge in [0.1, 0.15) is 5.75 Å². The molecule has 1 aromatic carbocycles. The van der Waals surface area contributed by atoms with E-state index in [4.69, 9.17) is 22.1 Å². The minimum atomic E-state index is -0.164. The zero-order chi connectivity index (χ0) is 13.7. The summed E-state index contributed by atoms with van der Waals surface area (Å²) in [6, 6.07) is 5.15. The number of carbonyl (C=O) groups excluding carboxylic acids is 1. The maximum absolute atomic E-state index is 11.4. The van der Waals surface area contributed by atoms with Gasteiger partial charge in [0, 0.05) is 30.7 Å². The van der Waals surface area contributed by atoms with Gasteiger partial charge in [-0.25, -0.2) is 0 Å². The van der Waals surface area contributed by atoms with Crippen LogP contribution in [0.4, 0.5) is 0 Å². The first-order chi connectivity index (χ1) is 8.41. The SMILES string of the molecule is CC(N)c1cc(Cl)ccc1OCCC(=O)N(C)C. The minimum absolute atomic E-state index is 0.0336. The Kier molecular flexibility index (Phi) is 5.44. The van der Waals surface area contributed by atoms with E-state index in [9.17, 15) is 4.79 Å². The molecule has 0 saturated carbocycles. The number of ether oxygens (including phenoxy) is 1. The normalized spacial score (nSPS) is 12.1. The summed E-state index contributed by atoms with van der Waals surface area (Å²) < 4.78 is 5.59. The van der Waals surface area contributed by atoms with Gasteiger partial charge >= 0.3 is 0 Å². The van der Waals surface area contributed by atoms with E-state index < -0.39 is 0 Å². The third-order valence-corrected chi connectivity index (χ3v) is 2.77. The first-order valence-corrected chi connectivity index (χ1v) is 6.17. The largest absolute Gasteiger partial charge is 0.493 e. The molecule has 100 valence electrons. The lowest BCUT2D eigenvalue weighted by Gasteiger charge is -2.15. The van der Waals surface area contributed by atoms with Gasteiger partial charge in [0.2, 0.25) is 5.91 Å². The molecule has 1 atom stereocenters. The number of halogens is 1. The van der Waals surface area contributed by atoms with Crippen LogP contribution in [-0.2, 0) is 4.79 Å². The lowest BCUT2D eigenvalue weighted by atomic mass is 10.1. The molecule has 2 N–H and O–H groups in total. The predicted molar refractivity (Wildman–Crippen MR) is 72.9 cm³/mol. The van der Waals surface area contributed by atoms with Crippen LogP contribution in [-0.4, -0.2) is 31.5 Å². The number of nitrogens with zero attached hydrogens (tertiary/aromatic N) is 1. The maximum Gasteiger partial charge on any atom is 0.225 e. The molecule has 0 fully saturated rings. The Morgan fingerprint density at radius 2 is 2.17 bits per heavy atom. The molecule has 0 spiro atoms. The Morgan fingerprint density at radius 1 is 1.50 bits per heavy atom. The van der Waals surface area contributed by atoms with Gasteiger partial charge in [0.05, 0.1) is 13.0 Å². The molecule has 18 heavy (non-hydrogen) atoms. The second-order valence-corrected chi connectivity index (χ2v) is 4.79. The molecule has 0 saturated heterocycles. The van der Waals surface area contributed by atoms with Crippen LogP contribution in [0.3, 0.4) is 0 Å². The van der Waals surface area contributed by atoms with Crippen LogP contribution in [0.1, 0.15) is 24.9 Å². The second-order valence-electron chi connectivity index (χ2n) is 4.36. The van der Waals surface area contributed by atoms with Crippen molar-refractivity contribution < 1.29 is 9.53 Å². The Labute approximate surface area is 113 Å². The lowest BCUT2D eigenvalue weighted by Crippen LogP contribution is -2.23. The van der Waals surface area contributed by atoms with Crippen molar-refractivity contribution in [2.24, 2.45) is 5.73 Å². The molecule has 0 radical (unpaired) electrons. The Hall–Kier alpha value is -1.26. The van der Waals surface area contributed by atoms with E-state index in [1.165, 1.54) is 4.90 Å². The fourth-order valence-corrected chi connectivity index (χ4v) is 1.66. The van der Waals surface area contributed by atoms with E-state index in [-0.39, 0.29) is 11.9 Å². The summed E-state index contributed by atoms with van der Waals surface area (Å²) in [5.41, 5.74) is 6.70. The van der Waals surface area contributed by atoms with E-state index >= 15 is 0 Å². The summed E-state index contributed by atoms with van der Waals surface area (Å²) in [5, 5.41) is 0.624. The zero-order valence-electron chi connectivity index (χ0n) is 10.9. The first kappa shape index (κ1) is 14.8. The highest BCUT2D eigenvalue weighted by Gasteiger charge is 2.10. The van der Waals surface area contributed by atoms with Crippen LogP contribution >= 0.6 is 11.6 Å². The molecule has 1 rings (SSSR count). The van der Waals surface area contributed by atoms with Crippen LogP contribution in [0.25, 0.3) is 0 Å². The van der Waals surface area contributed by atoms with Crippen LogP contribution in [0.2, 0.25) is 5.02 Å². The summed E-state index contributed by atoms with van der Waals surface area (Å²) in [6.45, 7) is 2.20. The average Bonchev–Trinajstić information content (AvgIpc) is 2.30. The van der Waals surface area contributed by atoms with E-state index in [2.05, 4.69) is 0 Å². The Balaban J connectivity index is 2.65. The van der Waals surface area contributed by atoms with Gasteiger partial charge in [-0.05, 0) is 25.1 Å². The topological polar surface area (TPSA) is 55.6 Å². The van der Waals surface area contributed by atoms with Crippen molar-refractivity contribution in [3.8, 4) is 5.75 Å². The number of benzene rings is 1. The van der Waals surface area contributed by atoms with Gasteiger partial charge in [-0.15, -0.1) is 0 Å². The summed E-state index contributed by atoms with van der Waals surface area (Å²) >= 11 is 5.92. The van der Waals surface area contributed by atoms with E-state index in [0.717, 1.165) is 5.56 Å². The quantitative estimate of drug-likeness (QED) is 0.893. The molecule has 0 aliphatic rings. The molecule has 0 bridgehead atoms. The smallest absolute Gasteiger partial charge is 0.225 e. The third-order valence-electron chi connectivity index (χ3n) is 2.53. The Bertz CT molecular complexity index is 419. The van der Waals surface area contributed by atoms with Gasteiger partial charge in [0.25, 0.3) is 0 Å². The van der Waals surface area contributed by atoms with Gasteiger partial charge in [-0.3, -0.25) is 4.79 Å². The molecule has 1 aromatic rings. The van der Waals surface area contributed by atoms with Gasteiger partial charge in [-0.1, -0.05) is 11.6 Å². The van der Waals surface area contributed by atoms with Crippen LogP contribution in [0.15, 0.2) is 18.2 Å². The standard InChI is InChI=1S/C13H19ClN2O2/c1-9(15)11-8-10(14)4-5-12(11)18-7-6-13(17)16(2)3/h4-5,8-9H,6-7,15H2,1-3H3. The molecule has 5 heteroatoms. The highest BCUT2D eigenvalue weighted by Crippen LogP contribution is 2.27. The van der Waals surface area contributed by atoms with Crippen molar-refractivity contribution in [1.82, 2.24) is 4.90 Å². The van der Waals surface area contributed by atoms with Crippen molar-refractivity contribution in [2.45, 2.75) is 19.4 Å². The number of carbonyl (C=O) groups is 1. The fraction of sp³-hybridized carbons (Fsp3) is 0.462. The number of nitrogens with two attached hydrogens (primary N) is 1. The zero-order valence-corrected chi connectivity index (χ0v) is 11.7. The molecule has 0 aromatic heterocycles. The van der Waals surface area contributed by atoms with Crippen LogP contribution < -0.4 is 10.5 Å². The summed E-state index contributed by atoms with van der Waals surface area (Å²) in [5.74, 6) is 0.715. The van der Waals surface area contributed by atoms with E-state index in [1.54, 1.807) is 32.3 Å². The molecule has 0 aliphatic heterocycles. The third kappa shape index (κ3) is 4.20. The van der Waals surface area contributed by atoms with E-state index in [1.807, 2.05) is 6.92 Å². The number of hydrogen-bond acceptors (Lipinski definition) is 3. The Morgan fingerprint density at radius 3 is 2.72 bits per heavy atom. The molecule has 1 amide bonds. The first-order valence-electron chi connectivity index (χ1n) is 5.79. The molecule has 1 unspecified atom stereocenters. The van der Waals surface area contributed by atoms with Crippen molar-refractivity contribution in [3.05, 3.63) is 28.8 Å². The number of rotatable bonds is 5. The van der Waals surface area contributed by atoms with Gasteiger partial charge in [0.15, 0.2) is 0 Å². The lowest BCUT2D eigenvalue weighted by molar-refractivity contribution is -0.129. The number of amides is 1. The van der Waals surface area contributed by atoms with Crippen molar-refractivity contribution in [1.29, 1.82) is 0 Å². The molecule has 0 heterocycles. The van der Waals surface area contributed by atoms with Gasteiger partial charge in [-0.2, -0.15) is 0 Å². The maximum atomic E-state index is 11.4.